The van der Waals surface area contributed by atoms with Gasteiger partial charge in [0.25, 0.3) is 0 Å². The number of nitrogens with zero attached hydrogens (tertiary/aromatic N) is 4. The molecule has 1 aromatic carbocycles. The molecule has 1 aromatic heterocycles. The predicted molar refractivity (Wildman–Crippen MR) is 67.3 cm³/mol. The van der Waals surface area contributed by atoms with E-state index in [1.807, 2.05) is 24.3 Å². The lowest BCUT2D eigenvalue weighted by Crippen LogP contribution is -2.36. The summed E-state index contributed by atoms with van der Waals surface area (Å²) in [6.45, 7) is 1.78. The van der Waals surface area contributed by atoms with E-state index in [1.165, 1.54) is 18.1 Å². The number of methoxy groups -OCH3 is 1. The van der Waals surface area contributed by atoms with E-state index in [2.05, 4.69) is 20.3 Å². The van der Waals surface area contributed by atoms with Crippen LogP contribution in [0.15, 0.2) is 30.6 Å². The van der Waals surface area contributed by atoms with Crippen molar-refractivity contribution >= 4 is 5.97 Å². The van der Waals surface area contributed by atoms with Gasteiger partial charge in [-0.2, -0.15) is 0 Å². The zero-order valence-corrected chi connectivity index (χ0v) is 10.8. The van der Waals surface area contributed by atoms with Crippen LogP contribution in [0.25, 0.3) is 5.69 Å². The van der Waals surface area contributed by atoms with Gasteiger partial charge in [-0.25, -0.2) is 4.68 Å². The minimum Gasteiger partial charge on any atom is -0.469 e. The molecule has 0 aliphatic rings. The first-order valence-electron chi connectivity index (χ1n) is 5.72. The maximum absolute atomic E-state index is 11.4. The number of nitrogens with two attached hydrogens (primary N) is 1. The van der Waals surface area contributed by atoms with E-state index in [-0.39, 0.29) is 12.4 Å². The number of hydrogen-bond acceptors (Lipinski definition) is 6. The molecule has 2 rings (SSSR count). The summed E-state index contributed by atoms with van der Waals surface area (Å²) < 4.78 is 6.18. The maximum Gasteiger partial charge on any atom is 0.307 e. The summed E-state index contributed by atoms with van der Waals surface area (Å²) in [4.78, 5) is 11.4. The van der Waals surface area contributed by atoms with Gasteiger partial charge in [-0.15, -0.1) is 5.10 Å². The number of tetrazole rings is 1. The summed E-state index contributed by atoms with van der Waals surface area (Å²) in [5, 5.41) is 11.0. The molecule has 0 spiro atoms. The first kappa shape index (κ1) is 13.2. The van der Waals surface area contributed by atoms with Crippen LogP contribution in [0.2, 0.25) is 0 Å². The highest BCUT2D eigenvalue weighted by atomic mass is 16.5. The van der Waals surface area contributed by atoms with Crippen LogP contribution in [0.5, 0.6) is 0 Å². The lowest BCUT2D eigenvalue weighted by molar-refractivity contribution is -0.141. The van der Waals surface area contributed by atoms with E-state index < -0.39 is 5.54 Å². The van der Waals surface area contributed by atoms with E-state index in [4.69, 9.17) is 5.73 Å². The van der Waals surface area contributed by atoms with E-state index in [1.54, 1.807) is 6.92 Å². The molecule has 7 heteroatoms. The fourth-order valence-electron chi connectivity index (χ4n) is 1.76. The highest BCUT2D eigenvalue weighted by Gasteiger charge is 2.25. The number of rotatable bonds is 4. The molecule has 1 atom stereocenters. The molecule has 1 heterocycles. The van der Waals surface area contributed by atoms with E-state index in [9.17, 15) is 4.79 Å². The number of ether oxygens (including phenoxy) is 1. The van der Waals surface area contributed by atoms with E-state index in [0.717, 1.165) is 11.3 Å². The zero-order chi connectivity index (χ0) is 13.9. The van der Waals surface area contributed by atoms with Crippen molar-refractivity contribution in [1.82, 2.24) is 20.2 Å². The Morgan fingerprint density at radius 3 is 2.95 bits per heavy atom. The number of carbonyl (C=O) groups is 1. The molecule has 2 N–H and O–H groups in total. The number of esters is 1. The molecular formula is C12H15N5O2. The summed E-state index contributed by atoms with van der Waals surface area (Å²) in [5.74, 6) is -0.349. The molecule has 0 amide bonds. The van der Waals surface area contributed by atoms with Crippen LogP contribution in [0.4, 0.5) is 0 Å². The molecule has 0 aliphatic heterocycles. The predicted octanol–water partition coefficient (Wildman–Crippen LogP) is 0.399. The quantitative estimate of drug-likeness (QED) is 0.800. The summed E-state index contributed by atoms with van der Waals surface area (Å²) in [5.41, 5.74) is 6.96. The van der Waals surface area contributed by atoms with Crippen LogP contribution in [0.1, 0.15) is 18.9 Å². The third-order valence-corrected chi connectivity index (χ3v) is 2.86. The van der Waals surface area contributed by atoms with Gasteiger partial charge in [-0.05, 0) is 35.0 Å². The molecule has 0 aliphatic carbocycles. The van der Waals surface area contributed by atoms with Crippen LogP contribution < -0.4 is 5.73 Å². The van der Waals surface area contributed by atoms with Crippen molar-refractivity contribution in [2.75, 3.05) is 7.11 Å². The molecule has 100 valence electrons. The SMILES string of the molecule is COC(=O)CC(C)(N)c1cccc(-n2cnnn2)c1. The van der Waals surface area contributed by atoms with Crippen molar-refractivity contribution < 1.29 is 9.53 Å². The van der Waals surface area contributed by atoms with E-state index in [0.29, 0.717) is 0 Å². The van der Waals surface area contributed by atoms with Crippen LogP contribution in [0, 0.1) is 0 Å². The number of hydrogen-bond donors (Lipinski definition) is 1. The van der Waals surface area contributed by atoms with Crippen molar-refractivity contribution in [3.05, 3.63) is 36.2 Å². The normalized spacial score (nSPS) is 13.8. The Balaban J connectivity index is 2.30. The minimum absolute atomic E-state index is 0.0998. The standard InChI is InChI=1S/C12H15N5O2/c1-12(13,7-11(18)19-2)9-4-3-5-10(6-9)17-8-14-15-16-17/h3-6,8H,7,13H2,1-2H3. The van der Waals surface area contributed by atoms with Gasteiger partial charge in [-0.3, -0.25) is 4.79 Å². The molecule has 0 bridgehead atoms. The third-order valence-electron chi connectivity index (χ3n) is 2.86. The molecule has 0 fully saturated rings. The summed E-state index contributed by atoms with van der Waals surface area (Å²) >= 11 is 0. The summed E-state index contributed by atoms with van der Waals surface area (Å²) in [7, 11) is 1.34. The Morgan fingerprint density at radius 1 is 1.53 bits per heavy atom. The van der Waals surface area contributed by atoms with Crippen molar-refractivity contribution in [3.63, 3.8) is 0 Å². The topological polar surface area (TPSA) is 95.9 Å². The van der Waals surface area contributed by atoms with Crippen LogP contribution in [0.3, 0.4) is 0 Å². The van der Waals surface area contributed by atoms with Gasteiger partial charge in [-0.1, -0.05) is 12.1 Å². The van der Waals surface area contributed by atoms with E-state index >= 15 is 0 Å². The van der Waals surface area contributed by atoms with Crippen LogP contribution in [-0.2, 0) is 15.1 Å². The molecule has 0 saturated carbocycles. The first-order valence-corrected chi connectivity index (χ1v) is 5.72. The first-order chi connectivity index (χ1) is 9.03. The number of benzene rings is 1. The van der Waals surface area contributed by atoms with Crippen molar-refractivity contribution in [1.29, 1.82) is 0 Å². The Labute approximate surface area is 110 Å². The highest BCUT2D eigenvalue weighted by molar-refractivity contribution is 5.71. The fourth-order valence-corrected chi connectivity index (χ4v) is 1.76. The second-order valence-electron chi connectivity index (χ2n) is 4.48. The molecule has 7 nitrogen and oxygen atoms in total. The van der Waals surface area contributed by atoms with Gasteiger partial charge >= 0.3 is 5.97 Å². The molecule has 0 radical (unpaired) electrons. The van der Waals surface area contributed by atoms with Crippen molar-refractivity contribution in [2.24, 2.45) is 5.73 Å². The Hall–Kier alpha value is -2.28. The maximum atomic E-state index is 11.4. The Morgan fingerprint density at radius 2 is 2.32 bits per heavy atom. The monoisotopic (exact) mass is 261 g/mol. The van der Waals surface area contributed by atoms with Gasteiger partial charge in [0.05, 0.1) is 19.2 Å². The molecule has 1 unspecified atom stereocenters. The Bertz CT molecular complexity index is 565. The van der Waals surface area contributed by atoms with Crippen LogP contribution >= 0.6 is 0 Å². The summed E-state index contributed by atoms with van der Waals surface area (Å²) in [6.07, 6.45) is 1.59. The van der Waals surface area contributed by atoms with Crippen LogP contribution in [-0.4, -0.2) is 33.3 Å². The average Bonchev–Trinajstić information content (AvgIpc) is 2.92. The average molecular weight is 261 g/mol. The fraction of sp³-hybridized carbons (Fsp3) is 0.333. The Kier molecular flexibility index (Phi) is 3.57. The minimum atomic E-state index is -0.808. The van der Waals surface area contributed by atoms with Gasteiger partial charge in [0.15, 0.2) is 0 Å². The second-order valence-corrected chi connectivity index (χ2v) is 4.48. The summed E-state index contributed by atoms with van der Waals surface area (Å²) in [6, 6.07) is 7.40. The van der Waals surface area contributed by atoms with Gasteiger partial charge in [0.2, 0.25) is 0 Å². The highest BCUT2D eigenvalue weighted by Crippen LogP contribution is 2.23. The second kappa shape index (κ2) is 5.15. The molecule has 0 saturated heterocycles. The number of carbonyl (C=O) groups excluding carboxylic acids is 1. The van der Waals surface area contributed by atoms with Crippen molar-refractivity contribution in [3.8, 4) is 5.69 Å². The largest absolute Gasteiger partial charge is 0.469 e. The van der Waals surface area contributed by atoms with Crippen molar-refractivity contribution in [2.45, 2.75) is 18.9 Å². The van der Waals surface area contributed by atoms with Gasteiger partial charge < -0.3 is 10.5 Å². The zero-order valence-electron chi connectivity index (χ0n) is 10.8. The lowest BCUT2D eigenvalue weighted by Gasteiger charge is -2.24. The van der Waals surface area contributed by atoms with Gasteiger partial charge in [0.1, 0.15) is 6.33 Å². The molecule has 19 heavy (non-hydrogen) atoms. The molecule has 2 aromatic rings. The number of aromatic nitrogens is 4. The third kappa shape index (κ3) is 2.94. The lowest BCUT2D eigenvalue weighted by atomic mass is 9.89. The molecular weight excluding hydrogens is 246 g/mol. The smallest absolute Gasteiger partial charge is 0.307 e. The van der Waals surface area contributed by atoms with Gasteiger partial charge in [0, 0.05) is 5.54 Å².